The number of ether oxygens (including phenoxy) is 4. The summed E-state index contributed by atoms with van der Waals surface area (Å²) in [6, 6.07) is 18.7. The largest absolute Gasteiger partial charge is 0.494 e. The predicted molar refractivity (Wildman–Crippen MR) is 173 cm³/mol. The summed E-state index contributed by atoms with van der Waals surface area (Å²) >= 11 is 0. The summed E-state index contributed by atoms with van der Waals surface area (Å²) in [6.07, 6.45) is 14.2. The highest BCUT2D eigenvalue weighted by Crippen LogP contribution is 2.19. The molecule has 0 aliphatic rings. The molecule has 44 heavy (non-hydrogen) atoms. The molecule has 0 saturated heterocycles. The summed E-state index contributed by atoms with van der Waals surface area (Å²) < 4.78 is 22.3. The van der Waals surface area contributed by atoms with Gasteiger partial charge in [0.05, 0.1) is 24.3 Å². The highest BCUT2D eigenvalue weighted by atomic mass is 16.5. The van der Waals surface area contributed by atoms with Crippen molar-refractivity contribution in [2.75, 3.05) is 13.2 Å². The minimum Gasteiger partial charge on any atom is -0.494 e. The maximum absolute atomic E-state index is 12.7. The van der Waals surface area contributed by atoms with Gasteiger partial charge < -0.3 is 18.9 Å². The molecule has 3 aromatic rings. The second kappa shape index (κ2) is 19.9. The van der Waals surface area contributed by atoms with E-state index in [0.717, 1.165) is 25.7 Å². The van der Waals surface area contributed by atoms with E-state index in [1.54, 1.807) is 48.5 Å². The fourth-order valence-corrected chi connectivity index (χ4v) is 4.53. The molecule has 236 valence electrons. The summed E-state index contributed by atoms with van der Waals surface area (Å²) in [5.74, 6) is 0.0837. The molecular weight excluding hydrogens is 556 g/mol. The molecule has 3 aromatic carbocycles. The predicted octanol–water partition coefficient (Wildman–Crippen LogP) is 8.96. The highest BCUT2D eigenvalue weighted by Gasteiger charge is 2.13. The lowest BCUT2D eigenvalue weighted by molar-refractivity contribution is 0.0722. The number of benzene rings is 2. The zero-order chi connectivity index (χ0) is 31.4. The normalized spacial score (nSPS) is 10.7. The van der Waals surface area contributed by atoms with Gasteiger partial charge in [-0.25, -0.2) is 9.59 Å². The van der Waals surface area contributed by atoms with Gasteiger partial charge in [-0.05, 0) is 85.6 Å². The fourth-order valence-electron chi connectivity index (χ4n) is 4.53. The van der Waals surface area contributed by atoms with Crippen LogP contribution < -0.4 is 24.4 Å². The third-order valence-electron chi connectivity index (χ3n) is 7.17. The van der Waals surface area contributed by atoms with E-state index in [1.165, 1.54) is 75.6 Å². The van der Waals surface area contributed by atoms with Crippen molar-refractivity contribution in [3.8, 4) is 23.0 Å². The van der Waals surface area contributed by atoms with E-state index in [9.17, 15) is 14.4 Å². The average molecular weight is 603 g/mol. The standard InChI is InChI=1S/C37H46O7/c1-3-5-7-9-11-13-27-41-31-19-15-29(16-20-31)36(39)43-33-23-25-34(38)35(26-24-33)44-37(40)30-17-21-32(22-18-30)42-28-14-12-10-8-6-4-2/h15-26H,3-14,27-28H2,1-2H3. The first-order valence-corrected chi connectivity index (χ1v) is 16.0. The SMILES string of the molecule is CCCCCCCCOc1ccc(C(=O)Oc2ccc(OC(=O)c3ccc(OCCCCCCCC)cc3)c(=O)cc2)cc1. The van der Waals surface area contributed by atoms with E-state index in [0.29, 0.717) is 30.3 Å². The topological polar surface area (TPSA) is 88.1 Å². The van der Waals surface area contributed by atoms with Gasteiger partial charge in [-0.3, -0.25) is 4.79 Å². The summed E-state index contributed by atoms with van der Waals surface area (Å²) in [4.78, 5) is 37.9. The van der Waals surface area contributed by atoms with E-state index in [-0.39, 0.29) is 17.1 Å². The molecule has 0 N–H and O–H groups in total. The molecule has 0 bridgehead atoms. The van der Waals surface area contributed by atoms with Crippen LogP contribution in [0, 0.1) is 0 Å². The minimum atomic E-state index is -0.673. The average Bonchev–Trinajstić information content (AvgIpc) is 3.21. The van der Waals surface area contributed by atoms with Gasteiger partial charge in [-0.15, -0.1) is 0 Å². The van der Waals surface area contributed by atoms with Crippen LogP contribution in [0.2, 0.25) is 0 Å². The summed E-state index contributed by atoms with van der Waals surface area (Å²) in [5, 5.41) is 0. The smallest absolute Gasteiger partial charge is 0.343 e. The lowest BCUT2D eigenvalue weighted by Crippen LogP contribution is -2.13. The molecule has 0 aromatic heterocycles. The zero-order valence-electron chi connectivity index (χ0n) is 26.2. The van der Waals surface area contributed by atoms with Gasteiger partial charge in [0.2, 0.25) is 5.43 Å². The Morgan fingerprint density at radius 3 is 1.39 bits per heavy atom. The fraction of sp³-hybridized carbons (Fsp3) is 0.432. The first-order valence-electron chi connectivity index (χ1n) is 16.0. The number of carbonyl (C=O) groups excluding carboxylic acids is 2. The van der Waals surface area contributed by atoms with Crippen LogP contribution in [-0.4, -0.2) is 25.2 Å². The Morgan fingerprint density at radius 1 is 0.477 bits per heavy atom. The Hall–Kier alpha value is -4.13. The van der Waals surface area contributed by atoms with Crippen molar-refractivity contribution in [2.45, 2.75) is 90.9 Å². The summed E-state index contributed by atoms with van der Waals surface area (Å²) in [5.41, 5.74) is 0.108. The molecule has 0 unspecified atom stereocenters. The molecule has 0 atom stereocenters. The quantitative estimate of drug-likeness (QED) is 0.0942. The Morgan fingerprint density at radius 2 is 0.886 bits per heavy atom. The van der Waals surface area contributed by atoms with Gasteiger partial charge in [0.15, 0.2) is 5.75 Å². The van der Waals surface area contributed by atoms with Gasteiger partial charge in [0.1, 0.15) is 17.2 Å². The van der Waals surface area contributed by atoms with Crippen molar-refractivity contribution >= 4 is 11.9 Å². The number of carbonyl (C=O) groups is 2. The van der Waals surface area contributed by atoms with Gasteiger partial charge in [-0.1, -0.05) is 78.1 Å². The summed E-state index contributed by atoms with van der Waals surface area (Å²) in [7, 11) is 0. The molecule has 3 rings (SSSR count). The van der Waals surface area contributed by atoms with E-state index < -0.39 is 17.4 Å². The highest BCUT2D eigenvalue weighted by molar-refractivity contribution is 5.92. The molecule has 0 radical (unpaired) electrons. The summed E-state index contributed by atoms with van der Waals surface area (Å²) in [6.45, 7) is 5.67. The molecule has 0 amide bonds. The van der Waals surface area contributed by atoms with Crippen molar-refractivity contribution in [2.24, 2.45) is 0 Å². The van der Waals surface area contributed by atoms with Crippen molar-refractivity contribution < 1.29 is 28.5 Å². The number of esters is 2. The maximum Gasteiger partial charge on any atom is 0.343 e. The van der Waals surface area contributed by atoms with E-state index in [2.05, 4.69) is 13.8 Å². The number of unbranched alkanes of at least 4 members (excludes halogenated alkanes) is 10. The molecule has 7 heteroatoms. The van der Waals surface area contributed by atoms with Crippen molar-refractivity contribution in [1.82, 2.24) is 0 Å². The van der Waals surface area contributed by atoms with Gasteiger partial charge >= 0.3 is 11.9 Å². The number of rotatable bonds is 20. The zero-order valence-corrected chi connectivity index (χ0v) is 26.2. The third kappa shape index (κ3) is 12.6. The van der Waals surface area contributed by atoms with Crippen LogP contribution in [-0.2, 0) is 0 Å². The second-order valence-electron chi connectivity index (χ2n) is 10.9. The van der Waals surface area contributed by atoms with E-state index >= 15 is 0 Å². The maximum atomic E-state index is 12.7. The molecule has 0 saturated carbocycles. The lowest BCUT2D eigenvalue weighted by atomic mass is 10.1. The first kappa shape index (κ1) is 34.4. The van der Waals surface area contributed by atoms with Crippen molar-refractivity contribution in [3.05, 3.63) is 94.1 Å². The molecule has 0 aliphatic heterocycles. The van der Waals surface area contributed by atoms with Crippen LogP contribution in [0.15, 0.2) is 77.6 Å². The second-order valence-corrected chi connectivity index (χ2v) is 10.9. The lowest BCUT2D eigenvalue weighted by Gasteiger charge is -2.07. The van der Waals surface area contributed by atoms with Crippen LogP contribution in [0.1, 0.15) is 112 Å². The minimum absolute atomic E-state index is 0.143. The Balaban J connectivity index is 1.46. The molecule has 0 aliphatic carbocycles. The van der Waals surface area contributed by atoms with Crippen LogP contribution in [0.5, 0.6) is 23.0 Å². The van der Waals surface area contributed by atoms with E-state index in [1.807, 2.05) is 0 Å². The van der Waals surface area contributed by atoms with Gasteiger partial charge in [0, 0.05) is 0 Å². The first-order chi connectivity index (χ1) is 21.5. The molecule has 0 heterocycles. The molecule has 7 nitrogen and oxygen atoms in total. The molecule has 0 fully saturated rings. The Bertz CT molecular complexity index is 1330. The van der Waals surface area contributed by atoms with Gasteiger partial charge in [-0.2, -0.15) is 0 Å². The monoisotopic (exact) mass is 602 g/mol. The van der Waals surface area contributed by atoms with Crippen LogP contribution >= 0.6 is 0 Å². The van der Waals surface area contributed by atoms with Crippen LogP contribution in [0.4, 0.5) is 0 Å². The Labute approximate surface area is 261 Å². The van der Waals surface area contributed by atoms with Gasteiger partial charge in [0.25, 0.3) is 0 Å². The van der Waals surface area contributed by atoms with Crippen LogP contribution in [0.3, 0.4) is 0 Å². The Kier molecular flexibility index (Phi) is 15.6. The van der Waals surface area contributed by atoms with Crippen LogP contribution in [0.25, 0.3) is 0 Å². The van der Waals surface area contributed by atoms with E-state index in [4.69, 9.17) is 18.9 Å². The number of hydrogen-bond donors (Lipinski definition) is 0. The van der Waals surface area contributed by atoms with Crippen molar-refractivity contribution in [3.63, 3.8) is 0 Å². The molecular formula is C37H46O7. The van der Waals surface area contributed by atoms with Crippen molar-refractivity contribution in [1.29, 1.82) is 0 Å². The third-order valence-corrected chi connectivity index (χ3v) is 7.17. The molecule has 0 spiro atoms. The number of hydrogen-bond acceptors (Lipinski definition) is 7.